The predicted molar refractivity (Wildman–Crippen MR) is 141 cm³/mol. The molecule has 0 aliphatic carbocycles. The number of hydrogen-bond donors (Lipinski definition) is 0. The molecule has 4 aromatic rings. The van der Waals surface area contributed by atoms with Crippen LogP contribution in [-0.2, 0) is 0 Å². The van der Waals surface area contributed by atoms with Gasteiger partial charge in [0.15, 0.2) is 0 Å². The number of aliphatic imine (C=N–C) groups is 1. The Balaban J connectivity index is 1.84. The van der Waals surface area contributed by atoms with Crippen molar-refractivity contribution in [2.45, 2.75) is 19.3 Å². The fourth-order valence-corrected chi connectivity index (χ4v) is 4.09. The molecule has 3 heteroatoms. The van der Waals surface area contributed by atoms with Crippen molar-refractivity contribution in [1.82, 2.24) is 0 Å². The van der Waals surface area contributed by atoms with Gasteiger partial charge in [-0.1, -0.05) is 79.7 Å². The number of hydrogen-bond acceptors (Lipinski definition) is 3. The van der Waals surface area contributed by atoms with Crippen molar-refractivity contribution in [3.63, 3.8) is 0 Å². The van der Waals surface area contributed by atoms with Crippen LogP contribution in [-0.4, -0.2) is 20.1 Å². The Bertz CT molecular complexity index is 1220. The Morgan fingerprint density at radius 2 is 1.24 bits per heavy atom. The van der Waals surface area contributed by atoms with Crippen molar-refractivity contribution in [1.29, 1.82) is 0 Å². The Hall–Kier alpha value is -4.07. The number of allylic oxidation sites excluding steroid dienone is 1. The predicted octanol–water partition coefficient (Wildman–Crippen LogP) is 7.68. The van der Waals surface area contributed by atoms with Crippen LogP contribution in [0, 0.1) is 0 Å². The first-order chi connectivity index (χ1) is 16.7. The summed E-state index contributed by atoms with van der Waals surface area (Å²) in [5.74, 6) is 5.01. The number of ether oxygens (including phenoxy) is 2. The van der Waals surface area contributed by atoms with Crippen molar-refractivity contribution in [3.05, 3.63) is 125 Å². The third-order valence-corrected chi connectivity index (χ3v) is 5.93. The van der Waals surface area contributed by atoms with E-state index in [1.807, 2.05) is 48.5 Å². The molecule has 0 aliphatic heterocycles. The Labute approximate surface area is 202 Å². The molecule has 34 heavy (non-hydrogen) atoms. The largest absolute Gasteiger partial charge is 0.497 e. The lowest BCUT2D eigenvalue weighted by Crippen LogP contribution is -2.04. The highest BCUT2D eigenvalue weighted by Gasteiger charge is 2.20. The number of methoxy groups -OCH3 is 2. The summed E-state index contributed by atoms with van der Waals surface area (Å²) in [6.07, 6.45) is 0.857. The summed E-state index contributed by atoms with van der Waals surface area (Å²) in [5.41, 5.74) is 6.58. The van der Waals surface area contributed by atoms with E-state index in [9.17, 15) is 0 Å². The van der Waals surface area contributed by atoms with Crippen LogP contribution in [0.1, 0.15) is 41.5 Å². The Kier molecular flexibility index (Phi) is 7.60. The van der Waals surface area contributed by atoms with E-state index in [1.54, 1.807) is 14.2 Å². The average molecular weight is 448 g/mol. The number of benzene rings is 4. The lowest BCUT2D eigenvalue weighted by Gasteiger charge is -2.21. The van der Waals surface area contributed by atoms with E-state index >= 15 is 0 Å². The van der Waals surface area contributed by atoms with Gasteiger partial charge in [-0.2, -0.15) is 0 Å². The standard InChI is InChI=1S/C31H29NO2/c1-4-23(24-10-6-5-7-11-24)22-32-30-13-9-8-12-29(30)31(25-14-18-27(33-2)19-15-25)26-16-20-28(34-3)21-17-26/h5-21,31H,4H2,1-3H3. The summed E-state index contributed by atoms with van der Waals surface area (Å²) >= 11 is 0. The summed E-state index contributed by atoms with van der Waals surface area (Å²) in [6, 6.07) is 35.1. The molecular weight excluding hydrogens is 418 g/mol. The van der Waals surface area contributed by atoms with Crippen LogP contribution in [0.4, 0.5) is 5.69 Å². The van der Waals surface area contributed by atoms with E-state index in [1.165, 1.54) is 0 Å². The van der Waals surface area contributed by atoms with Gasteiger partial charge in [0.1, 0.15) is 11.5 Å². The van der Waals surface area contributed by atoms with Gasteiger partial charge >= 0.3 is 0 Å². The molecule has 0 fully saturated rings. The van der Waals surface area contributed by atoms with Crippen LogP contribution in [0.2, 0.25) is 0 Å². The van der Waals surface area contributed by atoms with E-state index in [-0.39, 0.29) is 5.92 Å². The fraction of sp³-hybridized carbons (Fsp3) is 0.161. The van der Waals surface area contributed by atoms with Gasteiger partial charge in [0, 0.05) is 11.5 Å². The van der Waals surface area contributed by atoms with Crippen LogP contribution < -0.4 is 9.47 Å². The topological polar surface area (TPSA) is 30.8 Å². The number of nitrogens with zero attached hydrogens (tertiary/aromatic N) is 1. The van der Waals surface area contributed by atoms with Crippen LogP contribution in [0.15, 0.2) is 108 Å². The van der Waals surface area contributed by atoms with Crippen molar-refractivity contribution >= 4 is 17.1 Å². The lowest BCUT2D eigenvalue weighted by molar-refractivity contribution is 0.414. The normalized spacial score (nSPS) is 10.5. The summed E-state index contributed by atoms with van der Waals surface area (Å²) < 4.78 is 10.8. The van der Waals surface area contributed by atoms with Gasteiger partial charge in [-0.05, 0) is 64.9 Å². The van der Waals surface area contributed by atoms with Crippen LogP contribution >= 0.6 is 0 Å². The first kappa shape index (κ1) is 23.1. The van der Waals surface area contributed by atoms with Gasteiger partial charge in [0.2, 0.25) is 0 Å². The van der Waals surface area contributed by atoms with Crippen LogP contribution in [0.25, 0.3) is 5.57 Å². The molecule has 0 atom stereocenters. The molecule has 0 aromatic heterocycles. The van der Waals surface area contributed by atoms with Gasteiger partial charge in [0.25, 0.3) is 0 Å². The zero-order valence-corrected chi connectivity index (χ0v) is 19.9. The second kappa shape index (κ2) is 11.2. The molecule has 0 bridgehead atoms. The molecule has 0 N–H and O–H groups in total. The molecule has 4 rings (SSSR count). The van der Waals surface area contributed by atoms with E-state index in [2.05, 4.69) is 67.4 Å². The van der Waals surface area contributed by atoms with Gasteiger partial charge in [-0.25, -0.2) is 4.99 Å². The van der Waals surface area contributed by atoms with Crippen molar-refractivity contribution in [2.24, 2.45) is 4.99 Å². The summed E-state index contributed by atoms with van der Waals surface area (Å²) in [5, 5.41) is 0. The highest BCUT2D eigenvalue weighted by molar-refractivity contribution is 5.91. The third-order valence-electron chi connectivity index (χ3n) is 5.93. The zero-order chi connectivity index (χ0) is 23.8. The number of rotatable bonds is 8. The van der Waals surface area contributed by atoms with E-state index in [4.69, 9.17) is 14.5 Å². The van der Waals surface area contributed by atoms with Crippen molar-refractivity contribution in [2.75, 3.05) is 14.2 Å². The van der Waals surface area contributed by atoms with Gasteiger partial charge in [-0.3, -0.25) is 0 Å². The summed E-state index contributed by atoms with van der Waals surface area (Å²) in [7, 11) is 3.37. The molecule has 3 nitrogen and oxygen atoms in total. The lowest BCUT2D eigenvalue weighted by atomic mass is 9.84. The molecule has 0 spiro atoms. The molecule has 0 saturated heterocycles. The van der Waals surface area contributed by atoms with Gasteiger partial charge in [0.05, 0.1) is 19.9 Å². The molecule has 4 aromatic carbocycles. The number of para-hydroxylation sites is 1. The average Bonchev–Trinajstić information content (AvgIpc) is 2.91. The minimum atomic E-state index is 0.000337. The van der Waals surface area contributed by atoms with Crippen molar-refractivity contribution < 1.29 is 9.47 Å². The molecule has 0 heterocycles. The minimum absolute atomic E-state index is 0.000337. The van der Waals surface area contributed by atoms with Crippen molar-refractivity contribution in [3.8, 4) is 11.5 Å². The highest BCUT2D eigenvalue weighted by Crippen LogP contribution is 2.38. The maximum atomic E-state index is 5.39. The smallest absolute Gasteiger partial charge is 0.118 e. The summed E-state index contributed by atoms with van der Waals surface area (Å²) in [4.78, 5) is 4.86. The van der Waals surface area contributed by atoms with Crippen LogP contribution in [0.5, 0.6) is 11.5 Å². The van der Waals surface area contributed by atoms with E-state index < -0.39 is 0 Å². The Morgan fingerprint density at radius 1 is 0.706 bits per heavy atom. The second-order valence-electron chi connectivity index (χ2n) is 7.96. The van der Waals surface area contributed by atoms with Crippen LogP contribution in [0.3, 0.4) is 0 Å². The van der Waals surface area contributed by atoms with Gasteiger partial charge < -0.3 is 9.47 Å². The maximum absolute atomic E-state index is 5.39. The molecule has 0 aliphatic rings. The molecule has 0 radical (unpaired) electrons. The second-order valence-corrected chi connectivity index (χ2v) is 7.96. The zero-order valence-electron chi connectivity index (χ0n) is 19.9. The van der Waals surface area contributed by atoms with Gasteiger partial charge in [-0.15, -0.1) is 0 Å². The maximum Gasteiger partial charge on any atom is 0.118 e. The molecule has 170 valence electrons. The monoisotopic (exact) mass is 447 g/mol. The first-order valence-corrected chi connectivity index (χ1v) is 11.5. The molecule has 0 saturated carbocycles. The first-order valence-electron chi connectivity index (χ1n) is 11.5. The molecular formula is C31H29NO2. The van der Waals surface area contributed by atoms with E-state index in [0.29, 0.717) is 0 Å². The third kappa shape index (κ3) is 5.28. The quantitative estimate of drug-likeness (QED) is 0.205. The highest BCUT2D eigenvalue weighted by atomic mass is 16.5. The van der Waals surface area contributed by atoms with E-state index in [0.717, 1.165) is 51.4 Å². The minimum Gasteiger partial charge on any atom is -0.497 e. The Morgan fingerprint density at radius 3 is 1.76 bits per heavy atom. The molecule has 0 unspecified atom stereocenters. The SMILES string of the molecule is CCC(=C=Nc1ccccc1C(c1ccc(OC)cc1)c1ccc(OC)cc1)c1ccccc1. The summed E-state index contributed by atoms with van der Waals surface area (Å²) in [6.45, 7) is 2.13. The molecule has 0 amide bonds. The fourth-order valence-electron chi connectivity index (χ4n) is 4.09.